The predicted molar refractivity (Wildman–Crippen MR) is 132 cm³/mol. The molecule has 1 aliphatic carbocycles. The molecule has 0 unspecified atom stereocenters. The molecule has 0 atom stereocenters. The maximum absolute atomic E-state index is 15.7. The van der Waals surface area contributed by atoms with Gasteiger partial charge in [-0.25, -0.2) is 22.2 Å². The third-order valence-corrected chi connectivity index (χ3v) is 7.22. The number of aromatic nitrogens is 3. The quantitative estimate of drug-likeness (QED) is 0.119. The van der Waals surface area contributed by atoms with Crippen LogP contribution >= 0.6 is 11.9 Å². The van der Waals surface area contributed by atoms with Gasteiger partial charge in [-0.2, -0.15) is 5.10 Å². The number of pyridine rings is 1. The van der Waals surface area contributed by atoms with Crippen molar-refractivity contribution >= 4 is 23.3 Å². The first kappa shape index (κ1) is 24.8. The Morgan fingerprint density at radius 2 is 1.68 bits per heavy atom. The van der Waals surface area contributed by atoms with E-state index < -0.39 is 39.6 Å². The molecule has 1 N–H and O–H groups in total. The molecule has 0 radical (unpaired) electrons. The Labute approximate surface area is 212 Å². The second kappa shape index (κ2) is 10.2. The monoisotopic (exact) mass is 529 g/mol. The minimum atomic E-state index is -1.24. The molecule has 1 saturated carbocycles. The number of non-ortho nitro benzene ring substituents is 1. The van der Waals surface area contributed by atoms with Gasteiger partial charge in [-0.1, -0.05) is 12.8 Å². The SMILES string of the molecule is O=[N+]([O-])c1cc(F)c(-n2cc(-c3cc(F)cc(NSC4CCCC4)c3F)c(-c3ccncc3)n2)c(F)c1. The standard InChI is InChI=1S/C25H19F4N5O2S/c26-15-9-18(23(29)22(10-15)32-37-17-3-1-2-4-17)19-13-33(31-24(19)14-5-7-30-8-6-14)25-20(27)11-16(34(35)36)12-21(25)28/h5-13,17,32H,1-4H2. The summed E-state index contributed by atoms with van der Waals surface area (Å²) in [4.78, 5) is 14.0. The van der Waals surface area contributed by atoms with Crippen LogP contribution in [0.2, 0.25) is 0 Å². The van der Waals surface area contributed by atoms with Crippen LogP contribution in [0.4, 0.5) is 28.9 Å². The molecule has 0 aliphatic heterocycles. The van der Waals surface area contributed by atoms with Crippen LogP contribution in [-0.4, -0.2) is 24.9 Å². The van der Waals surface area contributed by atoms with E-state index in [1.54, 1.807) is 12.1 Å². The fraction of sp³-hybridized carbons (Fsp3) is 0.200. The van der Waals surface area contributed by atoms with Gasteiger partial charge in [0.25, 0.3) is 5.69 Å². The van der Waals surface area contributed by atoms with Crippen molar-refractivity contribution in [2.45, 2.75) is 30.9 Å². The number of nitrogens with zero attached hydrogens (tertiary/aromatic N) is 4. The highest BCUT2D eigenvalue weighted by molar-refractivity contribution is 8.01. The van der Waals surface area contributed by atoms with Crippen molar-refractivity contribution < 1.29 is 22.5 Å². The zero-order chi connectivity index (χ0) is 26.1. The molecule has 0 spiro atoms. The van der Waals surface area contributed by atoms with E-state index in [4.69, 9.17) is 0 Å². The van der Waals surface area contributed by atoms with Gasteiger partial charge in [-0.15, -0.1) is 0 Å². The highest BCUT2D eigenvalue weighted by Crippen LogP contribution is 2.38. The molecule has 4 aromatic rings. The number of rotatable bonds is 7. The van der Waals surface area contributed by atoms with E-state index >= 15 is 4.39 Å². The Morgan fingerprint density at radius 3 is 2.32 bits per heavy atom. The molecule has 12 heteroatoms. The second-order valence-electron chi connectivity index (χ2n) is 8.53. The van der Waals surface area contributed by atoms with E-state index in [-0.39, 0.29) is 27.8 Å². The van der Waals surface area contributed by atoms with Gasteiger partial charge < -0.3 is 4.72 Å². The van der Waals surface area contributed by atoms with Gasteiger partial charge in [-0.05, 0) is 43.0 Å². The van der Waals surface area contributed by atoms with Crippen LogP contribution in [0, 0.1) is 33.4 Å². The van der Waals surface area contributed by atoms with Gasteiger partial charge in [0.1, 0.15) is 17.2 Å². The first-order chi connectivity index (χ1) is 17.8. The van der Waals surface area contributed by atoms with Gasteiger partial charge in [-0.3, -0.25) is 15.1 Å². The molecule has 2 heterocycles. The Morgan fingerprint density at radius 1 is 1.00 bits per heavy atom. The van der Waals surface area contributed by atoms with Crippen LogP contribution in [0.25, 0.3) is 28.1 Å². The van der Waals surface area contributed by atoms with Crippen molar-refractivity contribution in [3.05, 3.63) is 88.4 Å². The van der Waals surface area contributed by atoms with Crippen LogP contribution in [0.5, 0.6) is 0 Å². The molecule has 37 heavy (non-hydrogen) atoms. The lowest BCUT2D eigenvalue weighted by atomic mass is 10.0. The Hall–Kier alpha value is -3.93. The fourth-order valence-electron chi connectivity index (χ4n) is 4.30. The van der Waals surface area contributed by atoms with Crippen LogP contribution in [0.1, 0.15) is 25.7 Å². The third kappa shape index (κ3) is 5.01. The molecule has 1 fully saturated rings. The molecule has 2 aromatic carbocycles. The zero-order valence-corrected chi connectivity index (χ0v) is 19.9. The Bertz CT molecular complexity index is 1450. The van der Waals surface area contributed by atoms with Crippen molar-refractivity contribution in [1.82, 2.24) is 14.8 Å². The number of nitrogens with one attached hydrogen (secondary N) is 1. The number of hydrogen-bond donors (Lipinski definition) is 1. The van der Waals surface area contributed by atoms with E-state index in [2.05, 4.69) is 14.8 Å². The highest BCUT2D eigenvalue weighted by atomic mass is 32.2. The van der Waals surface area contributed by atoms with E-state index in [1.165, 1.54) is 24.3 Å². The summed E-state index contributed by atoms with van der Waals surface area (Å²) in [5.74, 6) is -3.95. The lowest BCUT2D eigenvalue weighted by Gasteiger charge is -2.14. The van der Waals surface area contributed by atoms with Crippen molar-refractivity contribution in [1.29, 1.82) is 0 Å². The lowest BCUT2D eigenvalue weighted by Crippen LogP contribution is -2.04. The van der Waals surface area contributed by atoms with Crippen LogP contribution in [-0.2, 0) is 0 Å². The molecule has 0 bridgehead atoms. The van der Waals surface area contributed by atoms with E-state index in [9.17, 15) is 23.3 Å². The molecule has 0 amide bonds. The van der Waals surface area contributed by atoms with Crippen LogP contribution in [0.15, 0.2) is 55.0 Å². The topological polar surface area (TPSA) is 85.9 Å². The first-order valence-corrected chi connectivity index (χ1v) is 12.2. The fourth-order valence-corrected chi connectivity index (χ4v) is 5.31. The number of hydrogen-bond acceptors (Lipinski definition) is 6. The summed E-state index contributed by atoms with van der Waals surface area (Å²) < 4.78 is 63.7. The summed E-state index contributed by atoms with van der Waals surface area (Å²) >= 11 is 1.33. The zero-order valence-electron chi connectivity index (χ0n) is 19.1. The van der Waals surface area contributed by atoms with Gasteiger partial charge in [0.2, 0.25) is 0 Å². The summed E-state index contributed by atoms with van der Waals surface area (Å²) in [6.45, 7) is 0. The van der Waals surface area contributed by atoms with E-state index in [1.807, 2.05) is 0 Å². The Balaban J connectivity index is 1.64. The van der Waals surface area contributed by atoms with Gasteiger partial charge >= 0.3 is 0 Å². The van der Waals surface area contributed by atoms with Gasteiger partial charge in [0.15, 0.2) is 17.5 Å². The first-order valence-electron chi connectivity index (χ1n) is 11.4. The highest BCUT2D eigenvalue weighted by Gasteiger charge is 2.25. The van der Waals surface area contributed by atoms with E-state index in [0.29, 0.717) is 17.7 Å². The minimum Gasteiger partial charge on any atom is -0.327 e. The van der Waals surface area contributed by atoms with Crippen molar-refractivity contribution in [3.8, 4) is 28.1 Å². The number of halogens is 4. The normalized spacial score (nSPS) is 13.7. The number of benzene rings is 2. The Kier molecular flexibility index (Phi) is 6.83. The van der Waals surface area contributed by atoms with Gasteiger partial charge in [0.05, 0.1) is 22.7 Å². The average molecular weight is 530 g/mol. The largest absolute Gasteiger partial charge is 0.327 e. The van der Waals surface area contributed by atoms with Crippen molar-refractivity contribution in [2.75, 3.05) is 4.72 Å². The molecule has 7 nitrogen and oxygen atoms in total. The lowest BCUT2D eigenvalue weighted by molar-refractivity contribution is -0.385. The summed E-state index contributed by atoms with van der Waals surface area (Å²) in [5.41, 5.74) is -1.09. The predicted octanol–water partition coefficient (Wildman–Crippen LogP) is 7.07. The average Bonchev–Trinajstić information content (AvgIpc) is 3.55. The molecular formula is C25H19F4N5O2S. The van der Waals surface area contributed by atoms with Crippen LogP contribution in [0.3, 0.4) is 0 Å². The van der Waals surface area contributed by atoms with E-state index in [0.717, 1.165) is 48.7 Å². The number of nitro groups is 1. The number of nitro benzene ring substituents is 1. The maximum Gasteiger partial charge on any atom is 0.275 e. The summed E-state index contributed by atoms with van der Waals surface area (Å²) in [6.07, 6.45) is 8.20. The second-order valence-corrected chi connectivity index (χ2v) is 9.63. The minimum absolute atomic E-state index is 0.0620. The molecule has 2 aromatic heterocycles. The number of anilines is 1. The molecule has 1 aliphatic rings. The maximum atomic E-state index is 15.7. The molecule has 5 rings (SSSR count). The third-order valence-electron chi connectivity index (χ3n) is 6.07. The summed E-state index contributed by atoms with van der Waals surface area (Å²) in [5, 5.41) is 15.5. The molecule has 190 valence electrons. The summed E-state index contributed by atoms with van der Waals surface area (Å²) in [7, 11) is 0. The van der Waals surface area contributed by atoms with Gasteiger partial charge in [0, 0.05) is 46.6 Å². The van der Waals surface area contributed by atoms with Crippen LogP contribution < -0.4 is 4.72 Å². The van der Waals surface area contributed by atoms with Crippen molar-refractivity contribution in [3.63, 3.8) is 0 Å². The molecular weight excluding hydrogens is 510 g/mol. The smallest absolute Gasteiger partial charge is 0.275 e. The molecule has 0 saturated heterocycles. The van der Waals surface area contributed by atoms with Crippen molar-refractivity contribution in [2.24, 2.45) is 0 Å². The summed E-state index contributed by atoms with van der Waals surface area (Å²) in [6, 6.07) is 6.28.